The van der Waals surface area contributed by atoms with E-state index in [4.69, 9.17) is 4.74 Å². The highest BCUT2D eigenvalue weighted by Gasteiger charge is 2.11. The van der Waals surface area contributed by atoms with Crippen LogP contribution in [0.15, 0.2) is 66.0 Å². The molecular weight excluding hydrogens is 320 g/mol. The molecule has 0 N–H and O–H groups in total. The predicted molar refractivity (Wildman–Crippen MR) is 97.8 cm³/mol. The molecule has 0 saturated carbocycles. The number of fused-ring (bicyclic) bond motifs is 3. The van der Waals surface area contributed by atoms with Crippen LogP contribution in [-0.4, -0.2) is 16.0 Å². The van der Waals surface area contributed by atoms with Crippen LogP contribution in [0.4, 0.5) is 0 Å². The van der Waals surface area contributed by atoms with E-state index in [1.54, 1.807) is 10.5 Å². The number of hydrogen-bond acceptors (Lipinski definition) is 4. The summed E-state index contributed by atoms with van der Waals surface area (Å²) in [6.45, 7) is 4.08. The van der Waals surface area contributed by atoms with Crippen LogP contribution in [0.25, 0.3) is 22.1 Å². The second-order valence-electron chi connectivity index (χ2n) is 5.27. The second-order valence-corrected chi connectivity index (χ2v) is 6.28. The van der Waals surface area contributed by atoms with E-state index in [0.29, 0.717) is 16.1 Å². The topological polar surface area (TPSA) is 43.6 Å². The Labute approximate surface area is 142 Å². The molecule has 2 heterocycles. The molecule has 24 heavy (non-hydrogen) atoms. The summed E-state index contributed by atoms with van der Waals surface area (Å²) in [7, 11) is 0. The number of ether oxygens (including phenoxy) is 1. The average molecular weight is 334 g/mol. The van der Waals surface area contributed by atoms with Crippen LogP contribution in [-0.2, 0) is 0 Å². The molecule has 2 aromatic carbocycles. The van der Waals surface area contributed by atoms with Crippen molar-refractivity contribution in [3.05, 3.63) is 81.6 Å². The molecule has 0 unspecified atom stereocenters. The minimum atomic E-state index is -0.0535. The maximum atomic E-state index is 12.8. The summed E-state index contributed by atoms with van der Waals surface area (Å²) in [5.74, 6) is 0.729. The Morgan fingerprint density at radius 2 is 1.96 bits per heavy atom. The van der Waals surface area contributed by atoms with Crippen LogP contribution < -0.4 is 14.8 Å². The normalized spacial score (nSPS) is 12.1. The molecule has 2 aromatic heterocycles. The number of hydrogen-bond donors (Lipinski definition) is 0. The van der Waals surface area contributed by atoms with Crippen LogP contribution >= 0.6 is 11.3 Å². The van der Waals surface area contributed by atoms with E-state index in [1.165, 1.54) is 11.3 Å². The fourth-order valence-corrected chi connectivity index (χ4v) is 3.61. The highest BCUT2D eigenvalue weighted by molar-refractivity contribution is 7.15. The average Bonchev–Trinajstić information content (AvgIpc) is 3.11. The van der Waals surface area contributed by atoms with E-state index in [2.05, 4.69) is 11.6 Å². The van der Waals surface area contributed by atoms with Gasteiger partial charge >= 0.3 is 0 Å². The molecule has 0 radical (unpaired) electrons. The fraction of sp³-hybridized carbons (Fsp3) is 0.0526. The highest BCUT2D eigenvalue weighted by atomic mass is 32.1. The van der Waals surface area contributed by atoms with Gasteiger partial charge in [-0.15, -0.1) is 0 Å². The van der Waals surface area contributed by atoms with Crippen molar-refractivity contribution in [2.45, 2.75) is 0 Å². The van der Waals surface area contributed by atoms with E-state index in [1.807, 2.05) is 54.6 Å². The number of imidazole rings is 1. The molecule has 0 aliphatic rings. The summed E-state index contributed by atoms with van der Waals surface area (Å²) < 4.78 is 7.96. The third-order valence-corrected chi connectivity index (χ3v) is 4.68. The van der Waals surface area contributed by atoms with Gasteiger partial charge in [-0.1, -0.05) is 54.3 Å². The fourth-order valence-electron chi connectivity index (χ4n) is 2.63. The molecule has 0 bridgehead atoms. The van der Waals surface area contributed by atoms with Crippen molar-refractivity contribution in [2.75, 3.05) is 6.61 Å². The van der Waals surface area contributed by atoms with Crippen molar-refractivity contribution in [2.24, 2.45) is 0 Å². The van der Waals surface area contributed by atoms with Gasteiger partial charge in [0.25, 0.3) is 5.56 Å². The molecule has 118 valence electrons. The van der Waals surface area contributed by atoms with E-state index >= 15 is 0 Å². The number of thiazole rings is 1. The lowest BCUT2D eigenvalue weighted by molar-refractivity contribution is 0.362. The maximum Gasteiger partial charge on any atom is 0.274 e. The molecule has 5 heteroatoms. The van der Waals surface area contributed by atoms with Gasteiger partial charge in [-0.05, 0) is 24.3 Å². The summed E-state index contributed by atoms with van der Waals surface area (Å²) in [4.78, 5) is 18.0. The molecule has 4 rings (SSSR count). The highest BCUT2D eigenvalue weighted by Crippen LogP contribution is 2.19. The van der Waals surface area contributed by atoms with Crippen molar-refractivity contribution in [1.82, 2.24) is 9.38 Å². The Balaban J connectivity index is 1.91. The first-order valence-electron chi connectivity index (χ1n) is 7.52. The van der Waals surface area contributed by atoms with Crippen LogP contribution in [0.5, 0.6) is 5.75 Å². The van der Waals surface area contributed by atoms with E-state index in [9.17, 15) is 4.79 Å². The van der Waals surface area contributed by atoms with Gasteiger partial charge in [0.15, 0.2) is 4.96 Å². The van der Waals surface area contributed by atoms with Crippen LogP contribution in [0.2, 0.25) is 0 Å². The molecular formula is C19H14N2O2S. The maximum absolute atomic E-state index is 12.8. The smallest absolute Gasteiger partial charge is 0.274 e. The molecule has 0 amide bonds. The van der Waals surface area contributed by atoms with Crippen molar-refractivity contribution in [3.63, 3.8) is 0 Å². The Morgan fingerprint density at radius 1 is 1.17 bits per heavy atom. The monoisotopic (exact) mass is 334 g/mol. The summed E-state index contributed by atoms with van der Waals surface area (Å²) >= 11 is 1.39. The van der Waals surface area contributed by atoms with Gasteiger partial charge in [-0.3, -0.25) is 4.79 Å². The lowest BCUT2D eigenvalue weighted by Crippen LogP contribution is -2.22. The first-order chi connectivity index (χ1) is 11.8. The minimum Gasteiger partial charge on any atom is -0.489 e. The van der Waals surface area contributed by atoms with Gasteiger partial charge in [-0.2, -0.15) is 0 Å². The Hall–Kier alpha value is -2.92. The molecule has 0 aliphatic heterocycles. The zero-order chi connectivity index (χ0) is 16.5. The summed E-state index contributed by atoms with van der Waals surface area (Å²) in [5, 5.41) is 0. The summed E-state index contributed by atoms with van der Waals surface area (Å²) in [6, 6.07) is 15.3. The van der Waals surface area contributed by atoms with Crippen LogP contribution in [0.3, 0.4) is 0 Å². The zero-order valence-electron chi connectivity index (χ0n) is 12.8. The Morgan fingerprint density at radius 3 is 2.83 bits per heavy atom. The zero-order valence-corrected chi connectivity index (χ0v) is 13.6. The molecule has 0 atom stereocenters. The standard InChI is InChI=1S/C19H14N2O2S/c1-2-11-23-16-10-6-3-7-13(16)12-17-18(22)21-15-9-5-4-8-14(15)20-19(21)24-17/h2-10,12H,1,11H2. The molecule has 0 saturated heterocycles. The quantitative estimate of drug-likeness (QED) is 0.539. The SMILES string of the molecule is C=CCOc1ccccc1C=c1sc2nc3ccccc3n2c1=O. The van der Waals surface area contributed by atoms with Crippen molar-refractivity contribution in [1.29, 1.82) is 0 Å². The van der Waals surface area contributed by atoms with Gasteiger partial charge in [0, 0.05) is 5.56 Å². The van der Waals surface area contributed by atoms with E-state index in [-0.39, 0.29) is 5.56 Å². The van der Waals surface area contributed by atoms with Crippen molar-refractivity contribution < 1.29 is 4.74 Å². The molecule has 4 nitrogen and oxygen atoms in total. The number of nitrogens with zero attached hydrogens (tertiary/aromatic N) is 2. The number of aromatic nitrogens is 2. The minimum absolute atomic E-state index is 0.0535. The first kappa shape index (κ1) is 14.7. The molecule has 4 aromatic rings. The number of rotatable bonds is 4. The van der Waals surface area contributed by atoms with E-state index < -0.39 is 0 Å². The van der Waals surface area contributed by atoms with Crippen molar-refractivity contribution in [3.8, 4) is 5.75 Å². The van der Waals surface area contributed by atoms with Gasteiger partial charge in [0.1, 0.15) is 12.4 Å². The first-order valence-corrected chi connectivity index (χ1v) is 8.34. The van der Waals surface area contributed by atoms with Crippen LogP contribution in [0.1, 0.15) is 5.56 Å². The van der Waals surface area contributed by atoms with Crippen molar-refractivity contribution >= 4 is 33.4 Å². The third kappa shape index (κ3) is 2.39. The lowest BCUT2D eigenvalue weighted by Gasteiger charge is -2.05. The lowest BCUT2D eigenvalue weighted by atomic mass is 10.2. The van der Waals surface area contributed by atoms with Crippen LogP contribution in [0, 0.1) is 0 Å². The molecule has 0 aliphatic carbocycles. The number of para-hydroxylation sites is 3. The van der Waals surface area contributed by atoms with Gasteiger partial charge in [0.05, 0.1) is 15.6 Å². The Bertz CT molecular complexity index is 1160. The predicted octanol–water partition coefficient (Wildman–Crippen LogP) is 3.02. The summed E-state index contributed by atoms with van der Waals surface area (Å²) in [5.41, 5.74) is 2.49. The van der Waals surface area contributed by atoms with Gasteiger partial charge in [-0.25, -0.2) is 9.38 Å². The molecule has 0 fully saturated rings. The van der Waals surface area contributed by atoms with Gasteiger partial charge in [0.2, 0.25) is 0 Å². The Kier molecular flexibility index (Phi) is 3.63. The number of benzene rings is 2. The molecule has 0 spiro atoms. The van der Waals surface area contributed by atoms with Gasteiger partial charge < -0.3 is 4.74 Å². The van der Waals surface area contributed by atoms with E-state index in [0.717, 1.165) is 22.3 Å². The third-order valence-electron chi connectivity index (χ3n) is 3.71. The summed E-state index contributed by atoms with van der Waals surface area (Å²) in [6.07, 6.45) is 3.55. The second kappa shape index (κ2) is 5.94. The largest absolute Gasteiger partial charge is 0.489 e.